The normalized spacial score (nSPS) is 27.1. The molecule has 1 amide bonds. The van der Waals surface area contributed by atoms with E-state index >= 15 is 0 Å². The highest BCUT2D eigenvalue weighted by Gasteiger charge is 2.45. The Morgan fingerprint density at radius 2 is 2.08 bits per heavy atom. The highest BCUT2D eigenvalue weighted by Crippen LogP contribution is 2.39. The van der Waals surface area contributed by atoms with Crippen LogP contribution < -0.4 is 5.32 Å². The largest absolute Gasteiger partial charge is 0.480 e. The van der Waals surface area contributed by atoms with Crippen molar-refractivity contribution >= 4 is 17.8 Å². The minimum absolute atomic E-state index is 0.0731. The number of aromatic nitrogens is 1. The topological polar surface area (TPSA) is 95.7 Å². The summed E-state index contributed by atoms with van der Waals surface area (Å²) in [5.74, 6) is -0.396. The predicted octanol–water partition coefficient (Wildman–Crippen LogP) is 2.63. The molecule has 1 saturated heterocycles. The molecule has 1 saturated carbocycles. The molecule has 7 heteroatoms. The number of likely N-dealkylation sites (tertiary alicyclic amines) is 1. The summed E-state index contributed by atoms with van der Waals surface area (Å²) in [4.78, 5) is 25.9. The number of hydrogen-bond acceptors (Lipinski definition) is 5. The van der Waals surface area contributed by atoms with Gasteiger partial charge in [-0.2, -0.15) is 0 Å². The SMILES string of the molecule is CC(C)(C)c1cc(NC(=O)CN2[C@H](C(=O)O)C[C@H]3CCCC[C@@H]32)on1. The van der Waals surface area contributed by atoms with Crippen LogP contribution in [0.4, 0.5) is 5.88 Å². The second-order valence-corrected chi connectivity index (χ2v) is 8.25. The van der Waals surface area contributed by atoms with Crippen molar-refractivity contribution in [1.82, 2.24) is 10.1 Å². The number of carboxylic acids is 1. The van der Waals surface area contributed by atoms with Crippen molar-refractivity contribution < 1.29 is 19.2 Å². The minimum Gasteiger partial charge on any atom is -0.480 e. The Labute approximate surface area is 147 Å². The second kappa shape index (κ2) is 6.78. The summed E-state index contributed by atoms with van der Waals surface area (Å²) in [7, 11) is 0. The van der Waals surface area contributed by atoms with Gasteiger partial charge in [0.1, 0.15) is 6.04 Å². The summed E-state index contributed by atoms with van der Waals surface area (Å²) in [6.07, 6.45) is 4.93. The van der Waals surface area contributed by atoms with E-state index in [9.17, 15) is 14.7 Å². The molecule has 25 heavy (non-hydrogen) atoms. The molecule has 1 aromatic heterocycles. The zero-order chi connectivity index (χ0) is 18.2. The molecule has 0 aromatic carbocycles. The maximum atomic E-state index is 12.4. The average Bonchev–Trinajstić information content (AvgIpc) is 3.12. The lowest BCUT2D eigenvalue weighted by Crippen LogP contribution is -2.46. The third kappa shape index (κ3) is 3.86. The fraction of sp³-hybridized carbons (Fsp3) is 0.722. The monoisotopic (exact) mass is 349 g/mol. The first kappa shape index (κ1) is 17.9. The van der Waals surface area contributed by atoms with Crippen molar-refractivity contribution in [3.63, 3.8) is 0 Å². The van der Waals surface area contributed by atoms with Gasteiger partial charge in [0.05, 0.1) is 12.2 Å². The molecular formula is C18H27N3O4. The van der Waals surface area contributed by atoms with Gasteiger partial charge in [-0.05, 0) is 25.2 Å². The molecule has 1 aromatic rings. The van der Waals surface area contributed by atoms with E-state index in [4.69, 9.17) is 4.52 Å². The molecule has 2 aliphatic rings. The highest BCUT2D eigenvalue weighted by molar-refractivity contribution is 5.91. The number of anilines is 1. The van der Waals surface area contributed by atoms with E-state index in [0.717, 1.165) is 31.4 Å². The van der Waals surface area contributed by atoms with Crippen molar-refractivity contribution in [3.8, 4) is 0 Å². The first-order valence-electron chi connectivity index (χ1n) is 9.01. The van der Waals surface area contributed by atoms with E-state index in [1.807, 2.05) is 25.7 Å². The zero-order valence-corrected chi connectivity index (χ0v) is 15.1. The van der Waals surface area contributed by atoms with Gasteiger partial charge >= 0.3 is 5.97 Å². The number of aliphatic carboxylic acids is 1. The number of nitrogens with zero attached hydrogens (tertiary/aromatic N) is 2. The summed E-state index contributed by atoms with van der Waals surface area (Å²) in [6.45, 7) is 6.12. The Balaban J connectivity index is 1.66. The molecule has 1 aliphatic heterocycles. The fourth-order valence-corrected chi connectivity index (χ4v) is 4.05. The van der Waals surface area contributed by atoms with Crippen LogP contribution in [0.25, 0.3) is 0 Å². The number of carbonyl (C=O) groups excluding carboxylic acids is 1. The first-order chi connectivity index (χ1) is 11.8. The highest BCUT2D eigenvalue weighted by atomic mass is 16.5. The van der Waals surface area contributed by atoms with Gasteiger partial charge < -0.3 is 9.63 Å². The van der Waals surface area contributed by atoms with Crippen molar-refractivity contribution in [2.45, 2.75) is 70.4 Å². The molecule has 7 nitrogen and oxygen atoms in total. The maximum Gasteiger partial charge on any atom is 0.320 e. The molecule has 1 aliphatic carbocycles. The molecule has 0 bridgehead atoms. The molecule has 3 atom stereocenters. The lowest BCUT2D eigenvalue weighted by Gasteiger charge is -2.32. The molecule has 3 rings (SSSR count). The Kier molecular flexibility index (Phi) is 4.86. The molecule has 138 valence electrons. The van der Waals surface area contributed by atoms with Crippen LogP contribution >= 0.6 is 0 Å². The number of carbonyl (C=O) groups is 2. The van der Waals surface area contributed by atoms with Gasteiger partial charge in [0, 0.05) is 17.5 Å². The Morgan fingerprint density at radius 3 is 2.72 bits per heavy atom. The standard InChI is InChI=1S/C18H27N3O4/c1-18(2,3)14-9-16(25-20-14)19-15(22)10-21-12-7-5-4-6-11(12)8-13(21)17(23)24/h9,11-13H,4-8,10H2,1-3H3,(H,19,22)(H,23,24)/t11-,12+,13+/m1/s1. The van der Waals surface area contributed by atoms with Crippen LogP contribution in [-0.4, -0.2) is 45.7 Å². The summed E-state index contributed by atoms with van der Waals surface area (Å²) in [6, 6.07) is 1.35. The summed E-state index contributed by atoms with van der Waals surface area (Å²) in [5.41, 5.74) is 0.602. The van der Waals surface area contributed by atoms with Crippen LogP contribution in [0, 0.1) is 5.92 Å². The Hall–Kier alpha value is -1.89. The molecule has 0 radical (unpaired) electrons. The number of amides is 1. The van der Waals surface area contributed by atoms with Crippen molar-refractivity contribution in [2.24, 2.45) is 5.92 Å². The van der Waals surface area contributed by atoms with Gasteiger partial charge in [0.25, 0.3) is 0 Å². The lowest BCUT2D eigenvalue weighted by atomic mass is 9.85. The molecule has 2 heterocycles. The Morgan fingerprint density at radius 1 is 1.36 bits per heavy atom. The van der Waals surface area contributed by atoms with Gasteiger partial charge in [-0.15, -0.1) is 0 Å². The third-order valence-electron chi connectivity index (χ3n) is 5.37. The van der Waals surface area contributed by atoms with E-state index in [0.29, 0.717) is 18.2 Å². The molecule has 2 N–H and O–H groups in total. The molecule has 2 fully saturated rings. The molecule has 0 unspecified atom stereocenters. The minimum atomic E-state index is -0.836. The zero-order valence-electron chi connectivity index (χ0n) is 15.1. The van der Waals surface area contributed by atoms with Crippen molar-refractivity contribution in [1.29, 1.82) is 0 Å². The van der Waals surface area contributed by atoms with Crippen molar-refractivity contribution in [3.05, 3.63) is 11.8 Å². The van der Waals surface area contributed by atoms with Gasteiger partial charge in [-0.3, -0.25) is 19.8 Å². The maximum absolute atomic E-state index is 12.4. The van der Waals surface area contributed by atoms with Gasteiger partial charge in [0.15, 0.2) is 0 Å². The van der Waals surface area contributed by atoms with Crippen molar-refractivity contribution in [2.75, 3.05) is 11.9 Å². The number of fused-ring (bicyclic) bond motifs is 1. The van der Waals surface area contributed by atoms with E-state index in [-0.39, 0.29) is 23.9 Å². The van der Waals surface area contributed by atoms with Crippen LogP contribution in [0.1, 0.15) is 58.6 Å². The van der Waals surface area contributed by atoms with E-state index < -0.39 is 12.0 Å². The Bertz CT molecular complexity index is 649. The average molecular weight is 349 g/mol. The molecular weight excluding hydrogens is 322 g/mol. The lowest BCUT2D eigenvalue weighted by molar-refractivity contribution is -0.143. The van der Waals surface area contributed by atoms with E-state index in [1.54, 1.807) is 6.07 Å². The number of carboxylic acid groups (broad SMARTS) is 1. The van der Waals surface area contributed by atoms with Crippen LogP contribution in [-0.2, 0) is 15.0 Å². The van der Waals surface area contributed by atoms with Crippen LogP contribution in [0.3, 0.4) is 0 Å². The van der Waals surface area contributed by atoms with Crippen LogP contribution in [0.5, 0.6) is 0 Å². The summed E-state index contributed by atoms with van der Waals surface area (Å²) < 4.78 is 5.19. The number of nitrogens with one attached hydrogen (secondary N) is 1. The third-order valence-corrected chi connectivity index (χ3v) is 5.37. The predicted molar refractivity (Wildman–Crippen MR) is 92.3 cm³/mol. The smallest absolute Gasteiger partial charge is 0.320 e. The fourth-order valence-electron chi connectivity index (χ4n) is 4.05. The van der Waals surface area contributed by atoms with Gasteiger partial charge in [-0.1, -0.05) is 38.8 Å². The summed E-state index contributed by atoms with van der Waals surface area (Å²) >= 11 is 0. The second-order valence-electron chi connectivity index (χ2n) is 8.25. The van der Waals surface area contributed by atoms with Gasteiger partial charge in [0.2, 0.25) is 11.8 Å². The first-order valence-corrected chi connectivity index (χ1v) is 9.01. The van der Waals surface area contributed by atoms with Crippen LogP contribution in [0.2, 0.25) is 0 Å². The van der Waals surface area contributed by atoms with Crippen LogP contribution in [0.15, 0.2) is 10.6 Å². The number of hydrogen-bond donors (Lipinski definition) is 2. The van der Waals surface area contributed by atoms with Gasteiger partial charge in [-0.25, -0.2) is 0 Å². The quantitative estimate of drug-likeness (QED) is 0.867. The summed E-state index contributed by atoms with van der Waals surface area (Å²) in [5, 5.41) is 16.2. The van der Waals surface area contributed by atoms with E-state index in [1.165, 1.54) is 0 Å². The van der Waals surface area contributed by atoms with E-state index in [2.05, 4.69) is 10.5 Å². The number of rotatable bonds is 4. The molecule has 0 spiro atoms.